The van der Waals surface area contributed by atoms with Crippen LogP contribution in [-0.4, -0.2) is 27.4 Å². The predicted octanol–water partition coefficient (Wildman–Crippen LogP) is 4.17. The van der Waals surface area contributed by atoms with Crippen LogP contribution in [0.15, 0.2) is 41.6 Å². The summed E-state index contributed by atoms with van der Waals surface area (Å²) in [6.07, 6.45) is 4.55. The lowest BCUT2D eigenvalue weighted by Gasteiger charge is -2.03. The first-order valence-corrected chi connectivity index (χ1v) is 8.10. The van der Waals surface area contributed by atoms with Gasteiger partial charge in [0.15, 0.2) is 5.13 Å². The van der Waals surface area contributed by atoms with Crippen molar-refractivity contribution in [2.75, 3.05) is 11.6 Å². The van der Waals surface area contributed by atoms with Gasteiger partial charge in [0.05, 0.1) is 10.2 Å². The number of hydrogen-bond acceptors (Lipinski definition) is 5. The Balaban J connectivity index is 2.01. The largest absolute Gasteiger partial charge is 0.465 e. The van der Waals surface area contributed by atoms with E-state index in [9.17, 15) is 4.79 Å². The third kappa shape index (κ3) is 2.98. The summed E-state index contributed by atoms with van der Waals surface area (Å²) in [6, 6.07) is 7.94. The van der Waals surface area contributed by atoms with Gasteiger partial charge in [0, 0.05) is 22.9 Å². The van der Waals surface area contributed by atoms with Crippen molar-refractivity contribution < 1.29 is 9.90 Å². The predicted molar refractivity (Wildman–Crippen MR) is 86.3 cm³/mol. The van der Waals surface area contributed by atoms with Crippen LogP contribution < -0.4 is 5.32 Å². The average Bonchev–Trinajstić information content (AvgIpc) is 2.87. The number of thiazole rings is 1. The smallest absolute Gasteiger partial charge is 0.410 e. The molecule has 0 aliphatic heterocycles. The van der Waals surface area contributed by atoms with Crippen molar-refractivity contribution in [3.05, 3.63) is 36.7 Å². The van der Waals surface area contributed by atoms with Gasteiger partial charge in [-0.3, -0.25) is 10.3 Å². The van der Waals surface area contributed by atoms with Gasteiger partial charge in [-0.2, -0.15) is 0 Å². The van der Waals surface area contributed by atoms with Gasteiger partial charge < -0.3 is 5.11 Å². The van der Waals surface area contributed by atoms with Gasteiger partial charge in [-0.15, -0.1) is 11.8 Å². The van der Waals surface area contributed by atoms with Gasteiger partial charge >= 0.3 is 6.09 Å². The van der Waals surface area contributed by atoms with E-state index in [2.05, 4.69) is 21.4 Å². The molecular formula is C14H11N3O2S2. The number of amides is 1. The molecule has 0 aliphatic rings. The molecule has 1 aromatic carbocycles. The molecule has 3 rings (SSSR count). The van der Waals surface area contributed by atoms with E-state index in [1.807, 2.05) is 36.8 Å². The number of nitrogens with zero attached hydrogens (tertiary/aromatic N) is 2. The molecule has 0 saturated carbocycles. The summed E-state index contributed by atoms with van der Waals surface area (Å²) in [4.78, 5) is 20.2. The molecule has 3 aromatic rings. The maximum atomic E-state index is 10.6. The van der Waals surface area contributed by atoms with E-state index < -0.39 is 6.09 Å². The summed E-state index contributed by atoms with van der Waals surface area (Å²) in [5.41, 5.74) is 2.85. The molecule has 0 radical (unpaired) electrons. The second kappa shape index (κ2) is 5.71. The molecule has 1 amide bonds. The van der Waals surface area contributed by atoms with Crippen molar-refractivity contribution in [3.8, 4) is 11.1 Å². The van der Waals surface area contributed by atoms with Crippen LogP contribution in [0.5, 0.6) is 0 Å². The normalized spacial score (nSPS) is 10.7. The Kier molecular flexibility index (Phi) is 3.76. The molecule has 0 saturated heterocycles. The van der Waals surface area contributed by atoms with Crippen molar-refractivity contribution in [3.63, 3.8) is 0 Å². The van der Waals surface area contributed by atoms with Crippen molar-refractivity contribution in [1.29, 1.82) is 0 Å². The number of fused-ring (bicyclic) bond motifs is 1. The number of nitrogens with one attached hydrogen (secondary N) is 1. The van der Waals surface area contributed by atoms with Crippen LogP contribution in [0.4, 0.5) is 9.93 Å². The Hall–Kier alpha value is -2.12. The molecule has 5 nitrogen and oxygen atoms in total. The zero-order chi connectivity index (χ0) is 14.8. The number of benzene rings is 1. The Bertz CT molecular complexity index is 817. The van der Waals surface area contributed by atoms with Crippen LogP contribution >= 0.6 is 23.1 Å². The van der Waals surface area contributed by atoms with E-state index in [-0.39, 0.29) is 0 Å². The van der Waals surface area contributed by atoms with Gasteiger partial charge in [-0.05, 0) is 30.0 Å². The molecule has 0 spiro atoms. The SMILES string of the molecule is CSc1cncc(-c2ccc3nc(NC(=O)O)sc3c2)c1. The lowest BCUT2D eigenvalue weighted by atomic mass is 10.1. The van der Waals surface area contributed by atoms with Crippen molar-refractivity contribution >= 4 is 44.5 Å². The fourth-order valence-electron chi connectivity index (χ4n) is 1.94. The number of carbonyl (C=O) groups is 1. The lowest BCUT2D eigenvalue weighted by Crippen LogP contribution is -2.06. The zero-order valence-electron chi connectivity index (χ0n) is 11.0. The van der Waals surface area contributed by atoms with Crippen molar-refractivity contribution in [2.24, 2.45) is 0 Å². The number of thioether (sulfide) groups is 1. The van der Waals surface area contributed by atoms with Crippen molar-refractivity contribution in [1.82, 2.24) is 9.97 Å². The molecule has 0 aliphatic carbocycles. The van der Waals surface area contributed by atoms with Crippen LogP contribution in [0.25, 0.3) is 21.3 Å². The quantitative estimate of drug-likeness (QED) is 0.709. The standard InChI is InChI=1S/C14H11N3O2S2/c1-20-10-4-9(6-15-7-10)8-2-3-11-12(5-8)21-13(16-11)17-14(18)19/h2-7H,1H3,(H,16,17)(H,18,19). The number of hydrogen-bond donors (Lipinski definition) is 2. The van der Waals surface area contributed by atoms with Gasteiger partial charge in [0.1, 0.15) is 0 Å². The second-order valence-electron chi connectivity index (χ2n) is 4.25. The molecule has 0 atom stereocenters. The highest BCUT2D eigenvalue weighted by molar-refractivity contribution is 7.98. The summed E-state index contributed by atoms with van der Waals surface area (Å²) in [5.74, 6) is 0. The van der Waals surface area contributed by atoms with Gasteiger partial charge in [0.25, 0.3) is 0 Å². The van der Waals surface area contributed by atoms with Gasteiger partial charge in [-0.25, -0.2) is 9.78 Å². The molecule has 2 aromatic heterocycles. The molecule has 0 unspecified atom stereocenters. The van der Waals surface area contributed by atoms with E-state index in [0.29, 0.717) is 5.13 Å². The number of rotatable bonds is 3. The molecule has 0 fully saturated rings. The molecule has 106 valence electrons. The summed E-state index contributed by atoms with van der Waals surface area (Å²) in [6.45, 7) is 0. The van der Waals surface area contributed by atoms with Crippen molar-refractivity contribution in [2.45, 2.75) is 4.90 Å². The fraction of sp³-hybridized carbons (Fsp3) is 0.0714. The minimum atomic E-state index is -1.11. The monoisotopic (exact) mass is 317 g/mol. The molecule has 7 heteroatoms. The number of carboxylic acid groups (broad SMARTS) is 1. The van der Waals surface area contributed by atoms with Crippen LogP contribution in [0.3, 0.4) is 0 Å². The van der Waals surface area contributed by atoms with E-state index in [1.165, 1.54) is 11.3 Å². The average molecular weight is 317 g/mol. The summed E-state index contributed by atoms with van der Waals surface area (Å²) in [7, 11) is 0. The van der Waals surface area contributed by atoms with Crippen LogP contribution in [0, 0.1) is 0 Å². The van der Waals surface area contributed by atoms with E-state index in [4.69, 9.17) is 5.11 Å². The summed E-state index contributed by atoms with van der Waals surface area (Å²) >= 11 is 2.96. The minimum absolute atomic E-state index is 0.380. The molecule has 2 N–H and O–H groups in total. The van der Waals surface area contributed by atoms with Crippen LogP contribution in [0.2, 0.25) is 0 Å². The number of anilines is 1. The highest BCUT2D eigenvalue weighted by Crippen LogP contribution is 2.31. The third-order valence-corrected chi connectivity index (χ3v) is 4.51. The molecule has 0 bridgehead atoms. The van der Waals surface area contributed by atoms with Crippen LogP contribution in [0.1, 0.15) is 0 Å². The van der Waals surface area contributed by atoms with E-state index in [1.54, 1.807) is 11.8 Å². The first kappa shape index (κ1) is 13.8. The topological polar surface area (TPSA) is 75.1 Å². The lowest BCUT2D eigenvalue weighted by molar-refractivity contribution is 0.210. The highest BCUT2D eigenvalue weighted by atomic mass is 32.2. The Morgan fingerprint density at radius 1 is 1.29 bits per heavy atom. The number of aromatic nitrogens is 2. The minimum Gasteiger partial charge on any atom is -0.465 e. The number of pyridine rings is 1. The first-order valence-electron chi connectivity index (χ1n) is 6.05. The molecule has 2 heterocycles. The third-order valence-electron chi connectivity index (χ3n) is 2.88. The maximum absolute atomic E-state index is 10.6. The Labute approximate surface area is 129 Å². The second-order valence-corrected chi connectivity index (χ2v) is 6.16. The highest BCUT2D eigenvalue weighted by Gasteiger charge is 2.08. The Morgan fingerprint density at radius 2 is 2.14 bits per heavy atom. The van der Waals surface area contributed by atoms with Gasteiger partial charge in [0.2, 0.25) is 0 Å². The zero-order valence-corrected chi connectivity index (χ0v) is 12.7. The van der Waals surface area contributed by atoms with E-state index >= 15 is 0 Å². The first-order chi connectivity index (χ1) is 10.2. The summed E-state index contributed by atoms with van der Waals surface area (Å²) < 4.78 is 0.936. The molecule has 21 heavy (non-hydrogen) atoms. The van der Waals surface area contributed by atoms with Crippen LogP contribution in [-0.2, 0) is 0 Å². The maximum Gasteiger partial charge on any atom is 0.410 e. The van der Waals surface area contributed by atoms with E-state index in [0.717, 1.165) is 26.2 Å². The summed E-state index contributed by atoms with van der Waals surface area (Å²) in [5, 5.41) is 11.4. The van der Waals surface area contributed by atoms with Gasteiger partial charge in [-0.1, -0.05) is 17.4 Å². The fourth-order valence-corrected chi connectivity index (χ4v) is 3.24. The Morgan fingerprint density at radius 3 is 2.90 bits per heavy atom. The molecular weight excluding hydrogens is 306 g/mol.